The summed E-state index contributed by atoms with van der Waals surface area (Å²) in [7, 11) is 0. The Bertz CT molecular complexity index is 780. The summed E-state index contributed by atoms with van der Waals surface area (Å²) < 4.78 is 30.5. The van der Waals surface area contributed by atoms with Gasteiger partial charge in [-0.05, 0) is 117 Å². The molecule has 0 nitrogen and oxygen atoms in total. The van der Waals surface area contributed by atoms with Crippen LogP contribution in [0.2, 0.25) is 0 Å². The van der Waals surface area contributed by atoms with Gasteiger partial charge in [0.2, 0.25) is 0 Å². The standard InChI is InChI=1S/C30H44F2/c1-3-5-7-9-21-11-13-24-19-25(16-15-23(24)17-21)28-20-26-14-12-22(10-8-6-4-2)18-27(26)29(31)30(28)32/h3,5,20-25H,4,6-19H2,1-2H3/b5-3+. The van der Waals surface area contributed by atoms with Crippen LogP contribution in [0.4, 0.5) is 8.78 Å². The van der Waals surface area contributed by atoms with Gasteiger partial charge in [0.05, 0.1) is 0 Å². The average Bonchev–Trinajstić information content (AvgIpc) is 2.81. The molecule has 0 aliphatic heterocycles. The fraction of sp³-hybridized carbons (Fsp3) is 0.733. The first-order valence-corrected chi connectivity index (χ1v) is 13.7. The van der Waals surface area contributed by atoms with Crippen LogP contribution in [0, 0.1) is 35.3 Å². The molecule has 0 saturated heterocycles. The van der Waals surface area contributed by atoms with E-state index in [4.69, 9.17) is 0 Å². The first kappa shape index (κ1) is 24.0. The van der Waals surface area contributed by atoms with Crippen molar-refractivity contribution in [2.24, 2.45) is 23.7 Å². The number of hydrogen-bond acceptors (Lipinski definition) is 0. The van der Waals surface area contributed by atoms with Crippen LogP contribution in [0.15, 0.2) is 18.2 Å². The van der Waals surface area contributed by atoms with Crippen molar-refractivity contribution in [1.29, 1.82) is 0 Å². The second-order valence-corrected chi connectivity index (χ2v) is 11.2. The average molecular weight is 443 g/mol. The van der Waals surface area contributed by atoms with Crippen LogP contribution in [-0.2, 0) is 12.8 Å². The molecule has 178 valence electrons. The molecule has 1 aromatic carbocycles. The summed E-state index contributed by atoms with van der Waals surface area (Å²) in [4.78, 5) is 0. The molecule has 0 aromatic heterocycles. The fourth-order valence-corrected chi connectivity index (χ4v) is 7.19. The highest BCUT2D eigenvalue weighted by Gasteiger charge is 2.37. The Balaban J connectivity index is 1.40. The molecule has 0 heterocycles. The maximum atomic E-state index is 15.3. The SMILES string of the molecule is C/C=C/CCC1CCC2CC(c3cc4c(c(F)c3F)CC(CCCCC)CC4)CCC2C1. The summed E-state index contributed by atoms with van der Waals surface area (Å²) in [5, 5.41) is 0. The molecular weight excluding hydrogens is 398 g/mol. The number of fused-ring (bicyclic) bond motifs is 2. The number of halogens is 2. The minimum Gasteiger partial charge on any atom is -0.203 e. The molecule has 2 saturated carbocycles. The smallest absolute Gasteiger partial charge is 0.162 e. The van der Waals surface area contributed by atoms with Crippen molar-refractivity contribution >= 4 is 0 Å². The maximum absolute atomic E-state index is 15.3. The normalized spacial score (nSPS) is 30.3. The van der Waals surface area contributed by atoms with Crippen LogP contribution in [0.1, 0.15) is 120 Å². The summed E-state index contributed by atoms with van der Waals surface area (Å²) in [6.07, 6.45) is 21.9. The van der Waals surface area contributed by atoms with Gasteiger partial charge in [-0.2, -0.15) is 0 Å². The zero-order valence-electron chi connectivity index (χ0n) is 20.5. The first-order valence-electron chi connectivity index (χ1n) is 13.7. The number of unbranched alkanes of at least 4 members (excludes halogenated alkanes) is 2. The number of allylic oxidation sites excluding steroid dienone is 2. The lowest BCUT2D eigenvalue weighted by molar-refractivity contribution is 0.114. The molecule has 0 amide bonds. The van der Waals surface area contributed by atoms with Gasteiger partial charge >= 0.3 is 0 Å². The van der Waals surface area contributed by atoms with Crippen LogP contribution in [-0.4, -0.2) is 0 Å². The molecule has 4 rings (SSSR count). The van der Waals surface area contributed by atoms with E-state index in [0.29, 0.717) is 23.0 Å². The molecule has 0 radical (unpaired) electrons. The lowest BCUT2D eigenvalue weighted by atomic mass is 9.63. The Kier molecular flexibility index (Phi) is 8.46. The van der Waals surface area contributed by atoms with Crippen molar-refractivity contribution in [2.45, 2.75) is 116 Å². The van der Waals surface area contributed by atoms with Crippen LogP contribution < -0.4 is 0 Å². The Morgan fingerprint density at radius 3 is 2.53 bits per heavy atom. The van der Waals surface area contributed by atoms with Gasteiger partial charge in [0.15, 0.2) is 11.6 Å². The molecule has 3 aliphatic rings. The van der Waals surface area contributed by atoms with E-state index in [-0.39, 0.29) is 5.92 Å². The zero-order chi connectivity index (χ0) is 22.5. The van der Waals surface area contributed by atoms with Gasteiger partial charge < -0.3 is 0 Å². The summed E-state index contributed by atoms with van der Waals surface area (Å²) >= 11 is 0. The van der Waals surface area contributed by atoms with Gasteiger partial charge in [0, 0.05) is 0 Å². The third kappa shape index (κ3) is 5.48. The quantitative estimate of drug-likeness (QED) is 0.278. The second-order valence-electron chi connectivity index (χ2n) is 11.2. The van der Waals surface area contributed by atoms with Crippen LogP contribution in [0.3, 0.4) is 0 Å². The molecular formula is C30H44F2. The second kappa shape index (κ2) is 11.3. The predicted molar refractivity (Wildman–Crippen MR) is 131 cm³/mol. The van der Waals surface area contributed by atoms with Gasteiger partial charge in [-0.25, -0.2) is 8.78 Å². The highest BCUT2D eigenvalue weighted by Crippen LogP contribution is 2.49. The Hall–Kier alpha value is -1.18. The van der Waals surface area contributed by atoms with Crippen molar-refractivity contribution in [3.05, 3.63) is 46.5 Å². The van der Waals surface area contributed by atoms with Crippen molar-refractivity contribution in [2.75, 3.05) is 0 Å². The first-order chi connectivity index (χ1) is 15.6. The van der Waals surface area contributed by atoms with Gasteiger partial charge in [0.1, 0.15) is 0 Å². The Morgan fingerprint density at radius 1 is 0.906 bits per heavy atom. The maximum Gasteiger partial charge on any atom is 0.162 e. The molecule has 0 spiro atoms. The molecule has 5 atom stereocenters. The summed E-state index contributed by atoms with van der Waals surface area (Å²) in [6, 6.07) is 2.09. The van der Waals surface area contributed by atoms with E-state index in [2.05, 4.69) is 32.1 Å². The minimum atomic E-state index is -0.513. The van der Waals surface area contributed by atoms with Gasteiger partial charge in [-0.15, -0.1) is 0 Å². The molecule has 32 heavy (non-hydrogen) atoms. The van der Waals surface area contributed by atoms with Crippen LogP contribution in [0.5, 0.6) is 0 Å². The van der Waals surface area contributed by atoms with Crippen LogP contribution in [0.25, 0.3) is 0 Å². The minimum absolute atomic E-state index is 0.220. The van der Waals surface area contributed by atoms with Crippen molar-refractivity contribution in [3.63, 3.8) is 0 Å². The van der Waals surface area contributed by atoms with E-state index in [1.54, 1.807) is 0 Å². The van der Waals surface area contributed by atoms with Gasteiger partial charge in [-0.1, -0.05) is 57.2 Å². The lowest BCUT2D eigenvalue weighted by Gasteiger charge is -2.42. The van der Waals surface area contributed by atoms with Gasteiger partial charge in [0.25, 0.3) is 0 Å². The molecule has 1 aromatic rings. The number of benzene rings is 1. The Morgan fingerprint density at radius 2 is 1.72 bits per heavy atom. The zero-order valence-corrected chi connectivity index (χ0v) is 20.5. The lowest BCUT2D eigenvalue weighted by Crippen LogP contribution is -2.31. The summed E-state index contributed by atoms with van der Waals surface area (Å²) in [5.41, 5.74) is 2.52. The number of aryl methyl sites for hydroxylation is 1. The van der Waals surface area contributed by atoms with E-state index < -0.39 is 11.6 Å². The largest absolute Gasteiger partial charge is 0.203 e. The van der Waals surface area contributed by atoms with Gasteiger partial charge in [-0.3, -0.25) is 0 Å². The molecule has 5 unspecified atom stereocenters. The van der Waals surface area contributed by atoms with Crippen LogP contribution >= 0.6 is 0 Å². The third-order valence-corrected chi connectivity index (χ3v) is 9.10. The highest BCUT2D eigenvalue weighted by atomic mass is 19.2. The fourth-order valence-electron chi connectivity index (χ4n) is 7.19. The molecule has 3 aliphatic carbocycles. The summed E-state index contributed by atoms with van der Waals surface area (Å²) in [5.74, 6) is 2.13. The summed E-state index contributed by atoms with van der Waals surface area (Å²) in [6.45, 7) is 4.32. The van der Waals surface area contributed by atoms with E-state index in [1.165, 1.54) is 57.8 Å². The molecule has 0 bridgehead atoms. The molecule has 2 fully saturated rings. The van der Waals surface area contributed by atoms with E-state index >= 15 is 8.78 Å². The van der Waals surface area contributed by atoms with E-state index in [9.17, 15) is 0 Å². The Labute approximate surface area is 195 Å². The molecule has 0 N–H and O–H groups in total. The number of hydrogen-bond donors (Lipinski definition) is 0. The van der Waals surface area contributed by atoms with Crippen molar-refractivity contribution in [3.8, 4) is 0 Å². The van der Waals surface area contributed by atoms with E-state index in [1.807, 2.05) is 0 Å². The highest BCUT2D eigenvalue weighted by molar-refractivity contribution is 5.38. The number of rotatable bonds is 8. The topological polar surface area (TPSA) is 0 Å². The molecule has 2 heteroatoms. The predicted octanol–water partition coefficient (Wildman–Crippen LogP) is 9.31. The third-order valence-electron chi connectivity index (χ3n) is 9.10. The van der Waals surface area contributed by atoms with Crippen molar-refractivity contribution in [1.82, 2.24) is 0 Å². The van der Waals surface area contributed by atoms with Crippen molar-refractivity contribution < 1.29 is 8.78 Å². The van der Waals surface area contributed by atoms with E-state index in [0.717, 1.165) is 55.9 Å². The monoisotopic (exact) mass is 442 g/mol.